The standard InChI is InChI=1S/C21H21ClN2O5/c22-15-1-4-17(5-2-15)27-12-20(25)24-9-7-14(8-10-24)21(26)23-16-3-6-18-19(11-16)29-13-28-18/h1-6,11,14H,7-10,12-13H2,(H,23,26). The fourth-order valence-corrected chi connectivity index (χ4v) is 3.50. The number of rotatable bonds is 5. The van der Waals surface area contributed by atoms with Crippen molar-refractivity contribution < 1.29 is 23.8 Å². The van der Waals surface area contributed by atoms with Crippen molar-refractivity contribution in [3.8, 4) is 17.2 Å². The van der Waals surface area contributed by atoms with E-state index in [0.29, 0.717) is 53.9 Å². The summed E-state index contributed by atoms with van der Waals surface area (Å²) < 4.78 is 16.1. The van der Waals surface area contributed by atoms with Crippen molar-refractivity contribution >= 4 is 29.1 Å². The summed E-state index contributed by atoms with van der Waals surface area (Å²) in [5.74, 6) is 1.63. The van der Waals surface area contributed by atoms with Gasteiger partial charge < -0.3 is 24.4 Å². The number of nitrogens with one attached hydrogen (secondary N) is 1. The van der Waals surface area contributed by atoms with Crippen molar-refractivity contribution in [2.24, 2.45) is 5.92 Å². The van der Waals surface area contributed by atoms with E-state index < -0.39 is 0 Å². The van der Waals surface area contributed by atoms with Crippen LogP contribution in [0.1, 0.15) is 12.8 Å². The first-order chi connectivity index (χ1) is 14.1. The lowest BCUT2D eigenvalue weighted by Gasteiger charge is -2.31. The highest BCUT2D eigenvalue weighted by molar-refractivity contribution is 6.30. The molecule has 2 aromatic carbocycles. The van der Waals surface area contributed by atoms with Crippen LogP contribution in [0.5, 0.6) is 17.2 Å². The Balaban J connectivity index is 1.23. The van der Waals surface area contributed by atoms with E-state index in [1.165, 1.54) is 0 Å². The van der Waals surface area contributed by atoms with Gasteiger partial charge in [0.25, 0.3) is 5.91 Å². The van der Waals surface area contributed by atoms with Gasteiger partial charge >= 0.3 is 0 Å². The van der Waals surface area contributed by atoms with Crippen LogP contribution in [0.25, 0.3) is 0 Å². The molecule has 152 valence electrons. The zero-order chi connectivity index (χ0) is 20.2. The number of piperidine rings is 1. The van der Waals surface area contributed by atoms with Crippen LogP contribution in [-0.2, 0) is 9.59 Å². The van der Waals surface area contributed by atoms with E-state index in [1.54, 1.807) is 47.4 Å². The molecule has 1 saturated heterocycles. The van der Waals surface area contributed by atoms with E-state index in [2.05, 4.69) is 5.32 Å². The highest BCUT2D eigenvalue weighted by Gasteiger charge is 2.28. The third-order valence-corrected chi connectivity index (χ3v) is 5.29. The van der Waals surface area contributed by atoms with Gasteiger partial charge in [0.1, 0.15) is 5.75 Å². The van der Waals surface area contributed by atoms with Crippen LogP contribution in [0, 0.1) is 5.92 Å². The normalized spacial score (nSPS) is 15.8. The molecule has 4 rings (SSSR count). The number of ether oxygens (including phenoxy) is 3. The Morgan fingerprint density at radius 3 is 2.55 bits per heavy atom. The Labute approximate surface area is 173 Å². The Bertz CT molecular complexity index is 894. The summed E-state index contributed by atoms with van der Waals surface area (Å²) in [4.78, 5) is 26.7. The molecule has 0 saturated carbocycles. The van der Waals surface area contributed by atoms with Crippen molar-refractivity contribution in [3.63, 3.8) is 0 Å². The highest BCUT2D eigenvalue weighted by atomic mass is 35.5. The number of benzene rings is 2. The molecule has 2 amide bonds. The molecule has 1 fully saturated rings. The predicted octanol–water partition coefficient (Wildman–Crippen LogP) is 3.32. The van der Waals surface area contributed by atoms with Crippen molar-refractivity contribution in [1.29, 1.82) is 0 Å². The number of nitrogens with zero attached hydrogens (tertiary/aromatic N) is 1. The lowest BCUT2D eigenvalue weighted by molar-refractivity contribution is -0.136. The quantitative estimate of drug-likeness (QED) is 0.809. The van der Waals surface area contributed by atoms with Gasteiger partial charge in [-0.25, -0.2) is 0 Å². The first kappa shape index (κ1) is 19.4. The van der Waals surface area contributed by atoms with Crippen LogP contribution in [0.4, 0.5) is 5.69 Å². The maximum Gasteiger partial charge on any atom is 0.260 e. The first-order valence-corrected chi connectivity index (χ1v) is 9.83. The molecule has 0 radical (unpaired) electrons. The lowest BCUT2D eigenvalue weighted by Crippen LogP contribution is -2.43. The SMILES string of the molecule is O=C(Nc1ccc2c(c1)OCO2)C1CCN(C(=O)COc2ccc(Cl)cc2)CC1. The lowest BCUT2D eigenvalue weighted by atomic mass is 9.95. The summed E-state index contributed by atoms with van der Waals surface area (Å²) in [7, 11) is 0. The van der Waals surface area contributed by atoms with Crippen molar-refractivity contribution in [3.05, 3.63) is 47.5 Å². The zero-order valence-electron chi connectivity index (χ0n) is 15.7. The molecular formula is C21H21ClN2O5. The monoisotopic (exact) mass is 416 g/mol. The Morgan fingerprint density at radius 2 is 1.79 bits per heavy atom. The van der Waals surface area contributed by atoms with E-state index in [4.69, 9.17) is 25.8 Å². The van der Waals surface area contributed by atoms with E-state index in [0.717, 1.165) is 0 Å². The fourth-order valence-electron chi connectivity index (χ4n) is 3.38. The molecule has 0 aromatic heterocycles. The van der Waals surface area contributed by atoms with Crippen LogP contribution in [0.15, 0.2) is 42.5 Å². The predicted molar refractivity (Wildman–Crippen MR) is 107 cm³/mol. The van der Waals surface area contributed by atoms with Gasteiger partial charge in [-0.3, -0.25) is 9.59 Å². The van der Waals surface area contributed by atoms with Crippen LogP contribution in [0.3, 0.4) is 0 Å². The minimum atomic E-state index is -0.137. The molecule has 2 heterocycles. The summed E-state index contributed by atoms with van der Waals surface area (Å²) in [5, 5.41) is 3.54. The Kier molecular flexibility index (Phi) is 5.76. The number of fused-ring (bicyclic) bond motifs is 1. The molecule has 8 heteroatoms. The average molecular weight is 417 g/mol. The molecule has 0 unspecified atom stereocenters. The van der Waals surface area contributed by atoms with E-state index >= 15 is 0 Å². The molecule has 29 heavy (non-hydrogen) atoms. The van der Waals surface area contributed by atoms with Gasteiger partial charge in [-0.1, -0.05) is 11.6 Å². The van der Waals surface area contributed by atoms with Gasteiger partial charge in [-0.15, -0.1) is 0 Å². The number of anilines is 1. The summed E-state index contributed by atoms with van der Waals surface area (Å²) in [6.07, 6.45) is 1.23. The highest BCUT2D eigenvalue weighted by Crippen LogP contribution is 2.34. The zero-order valence-corrected chi connectivity index (χ0v) is 16.5. The third kappa shape index (κ3) is 4.74. The number of hydrogen-bond acceptors (Lipinski definition) is 5. The topological polar surface area (TPSA) is 77.1 Å². The van der Waals surface area contributed by atoms with E-state index in [-0.39, 0.29) is 31.1 Å². The van der Waals surface area contributed by atoms with Gasteiger partial charge in [0.15, 0.2) is 18.1 Å². The average Bonchev–Trinajstić information content (AvgIpc) is 3.21. The third-order valence-electron chi connectivity index (χ3n) is 5.03. The maximum absolute atomic E-state index is 12.6. The number of halogens is 1. The number of likely N-dealkylation sites (tertiary alicyclic amines) is 1. The first-order valence-electron chi connectivity index (χ1n) is 9.45. The smallest absolute Gasteiger partial charge is 0.260 e. The second kappa shape index (κ2) is 8.61. The summed E-state index contributed by atoms with van der Waals surface area (Å²) in [6.45, 7) is 1.22. The minimum absolute atomic E-state index is 0.0321. The molecule has 0 atom stereocenters. The van der Waals surface area contributed by atoms with Crippen LogP contribution < -0.4 is 19.5 Å². The van der Waals surface area contributed by atoms with Gasteiger partial charge in [0.05, 0.1) is 0 Å². The van der Waals surface area contributed by atoms with Gasteiger partial charge in [-0.2, -0.15) is 0 Å². The molecular weight excluding hydrogens is 396 g/mol. The summed E-state index contributed by atoms with van der Waals surface area (Å²) in [5.41, 5.74) is 0.675. The van der Waals surface area contributed by atoms with Crippen LogP contribution in [0.2, 0.25) is 5.02 Å². The fraction of sp³-hybridized carbons (Fsp3) is 0.333. The molecule has 2 aliphatic rings. The summed E-state index contributed by atoms with van der Waals surface area (Å²) >= 11 is 5.84. The van der Waals surface area contributed by atoms with Crippen LogP contribution >= 0.6 is 11.6 Å². The molecule has 7 nitrogen and oxygen atoms in total. The van der Waals surface area contributed by atoms with Crippen molar-refractivity contribution in [1.82, 2.24) is 4.90 Å². The van der Waals surface area contributed by atoms with Crippen molar-refractivity contribution in [2.75, 3.05) is 31.8 Å². The Hall–Kier alpha value is -2.93. The van der Waals surface area contributed by atoms with E-state index in [1.807, 2.05) is 0 Å². The Morgan fingerprint density at radius 1 is 1.07 bits per heavy atom. The van der Waals surface area contributed by atoms with E-state index in [9.17, 15) is 9.59 Å². The molecule has 0 aliphatic carbocycles. The minimum Gasteiger partial charge on any atom is -0.484 e. The van der Waals surface area contributed by atoms with Gasteiger partial charge in [0.2, 0.25) is 12.7 Å². The number of carbonyl (C=O) groups excluding carboxylic acids is 2. The number of hydrogen-bond donors (Lipinski definition) is 1. The van der Waals surface area contributed by atoms with Gasteiger partial charge in [-0.05, 0) is 49.2 Å². The molecule has 2 aromatic rings. The van der Waals surface area contributed by atoms with Crippen molar-refractivity contribution in [2.45, 2.75) is 12.8 Å². The van der Waals surface area contributed by atoms with Crippen LogP contribution in [-0.4, -0.2) is 43.2 Å². The molecule has 1 N–H and O–H groups in total. The summed E-state index contributed by atoms with van der Waals surface area (Å²) in [6, 6.07) is 12.2. The largest absolute Gasteiger partial charge is 0.484 e. The maximum atomic E-state index is 12.6. The number of carbonyl (C=O) groups is 2. The second-order valence-electron chi connectivity index (χ2n) is 6.95. The number of amides is 2. The second-order valence-corrected chi connectivity index (χ2v) is 7.39. The van der Waals surface area contributed by atoms with Gasteiger partial charge in [0, 0.05) is 35.8 Å². The molecule has 0 spiro atoms. The molecule has 2 aliphatic heterocycles. The molecule has 0 bridgehead atoms.